The molecule has 0 N–H and O–H groups in total. The second kappa shape index (κ2) is 6.57. The third kappa shape index (κ3) is 3.32. The Balaban J connectivity index is 2.40. The Morgan fingerprint density at radius 3 is 2.43 bits per heavy atom. The van der Waals surface area contributed by atoms with Crippen LogP contribution in [0.3, 0.4) is 0 Å². The summed E-state index contributed by atoms with van der Waals surface area (Å²) in [6.45, 7) is 8.15. The second-order valence-electron chi connectivity index (χ2n) is 5.16. The number of oxazole rings is 1. The molecular formula is C17H21NO3. The van der Waals surface area contributed by atoms with Crippen molar-refractivity contribution >= 4 is 5.97 Å². The standard InChI is InChI=1S/C17H21NO3/c1-5-12-7-9-13(10-8-12)16-18-14(11(3)4)15(21-16)17(19)20-6-2/h7-11H,5-6H2,1-4H3. The highest BCUT2D eigenvalue weighted by atomic mass is 16.5. The lowest BCUT2D eigenvalue weighted by Gasteiger charge is -2.02. The van der Waals surface area contributed by atoms with Crippen molar-refractivity contribution in [3.8, 4) is 11.5 Å². The summed E-state index contributed by atoms with van der Waals surface area (Å²) < 4.78 is 10.7. The zero-order valence-corrected chi connectivity index (χ0v) is 13.0. The van der Waals surface area contributed by atoms with Crippen LogP contribution in [0.15, 0.2) is 28.7 Å². The Labute approximate surface area is 125 Å². The maximum absolute atomic E-state index is 12.0. The molecule has 0 fully saturated rings. The fraction of sp³-hybridized carbons (Fsp3) is 0.412. The molecule has 0 aliphatic rings. The van der Waals surface area contributed by atoms with Crippen molar-refractivity contribution < 1.29 is 13.9 Å². The van der Waals surface area contributed by atoms with E-state index in [-0.39, 0.29) is 11.7 Å². The topological polar surface area (TPSA) is 52.3 Å². The summed E-state index contributed by atoms with van der Waals surface area (Å²) in [5, 5.41) is 0. The predicted molar refractivity (Wildman–Crippen MR) is 81.4 cm³/mol. The van der Waals surface area contributed by atoms with E-state index in [2.05, 4.69) is 11.9 Å². The number of benzene rings is 1. The van der Waals surface area contributed by atoms with Gasteiger partial charge in [-0.3, -0.25) is 0 Å². The van der Waals surface area contributed by atoms with Gasteiger partial charge in [-0.2, -0.15) is 0 Å². The lowest BCUT2D eigenvalue weighted by Crippen LogP contribution is -2.07. The minimum Gasteiger partial charge on any atom is -0.460 e. The Kier molecular flexibility index (Phi) is 4.78. The van der Waals surface area contributed by atoms with Gasteiger partial charge in [0.2, 0.25) is 11.7 Å². The number of aromatic nitrogens is 1. The summed E-state index contributed by atoms with van der Waals surface area (Å²) in [6.07, 6.45) is 0.983. The normalized spacial score (nSPS) is 10.9. The highest BCUT2D eigenvalue weighted by Crippen LogP contribution is 2.27. The molecule has 0 radical (unpaired) electrons. The van der Waals surface area contributed by atoms with Crippen molar-refractivity contribution in [2.75, 3.05) is 6.61 Å². The zero-order valence-electron chi connectivity index (χ0n) is 13.0. The average Bonchev–Trinajstić information content (AvgIpc) is 2.93. The molecule has 0 aliphatic carbocycles. The zero-order chi connectivity index (χ0) is 15.4. The molecule has 21 heavy (non-hydrogen) atoms. The first-order valence-corrected chi connectivity index (χ1v) is 7.33. The van der Waals surface area contributed by atoms with Crippen LogP contribution in [0.4, 0.5) is 0 Å². The van der Waals surface area contributed by atoms with Crippen LogP contribution < -0.4 is 0 Å². The van der Waals surface area contributed by atoms with E-state index >= 15 is 0 Å². The highest BCUT2D eigenvalue weighted by Gasteiger charge is 2.23. The smallest absolute Gasteiger partial charge is 0.376 e. The van der Waals surface area contributed by atoms with Gasteiger partial charge in [0.1, 0.15) is 0 Å². The van der Waals surface area contributed by atoms with Gasteiger partial charge < -0.3 is 9.15 Å². The van der Waals surface area contributed by atoms with Gasteiger partial charge in [0, 0.05) is 5.56 Å². The number of rotatable bonds is 5. The van der Waals surface area contributed by atoms with Gasteiger partial charge in [-0.1, -0.05) is 32.9 Å². The van der Waals surface area contributed by atoms with E-state index in [0.29, 0.717) is 18.2 Å². The van der Waals surface area contributed by atoms with Gasteiger partial charge in [0.15, 0.2) is 0 Å². The first kappa shape index (κ1) is 15.3. The summed E-state index contributed by atoms with van der Waals surface area (Å²) in [5.41, 5.74) is 2.76. The maximum atomic E-state index is 12.0. The molecule has 0 spiro atoms. The number of nitrogens with zero attached hydrogens (tertiary/aromatic N) is 1. The van der Waals surface area contributed by atoms with Crippen LogP contribution >= 0.6 is 0 Å². The summed E-state index contributed by atoms with van der Waals surface area (Å²) in [6, 6.07) is 8.00. The average molecular weight is 287 g/mol. The molecular weight excluding hydrogens is 266 g/mol. The summed E-state index contributed by atoms with van der Waals surface area (Å²) in [5.74, 6) is 0.313. The molecule has 0 unspecified atom stereocenters. The number of hydrogen-bond donors (Lipinski definition) is 0. The Morgan fingerprint density at radius 2 is 1.90 bits per heavy atom. The number of carbonyl (C=O) groups excluding carboxylic acids is 1. The van der Waals surface area contributed by atoms with Crippen LogP contribution in [0, 0.1) is 0 Å². The lowest BCUT2D eigenvalue weighted by atomic mass is 10.1. The van der Waals surface area contributed by atoms with Gasteiger partial charge in [0.05, 0.1) is 12.3 Å². The van der Waals surface area contributed by atoms with Crippen molar-refractivity contribution in [3.05, 3.63) is 41.3 Å². The fourth-order valence-electron chi connectivity index (χ4n) is 2.07. The molecule has 0 bridgehead atoms. The number of aryl methyl sites for hydroxylation is 1. The molecule has 0 saturated carbocycles. The van der Waals surface area contributed by atoms with Crippen molar-refractivity contribution in [3.63, 3.8) is 0 Å². The van der Waals surface area contributed by atoms with E-state index in [0.717, 1.165) is 12.0 Å². The molecule has 1 heterocycles. The van der Waals surface area contributed by atoms with Gasteiger partial charge in [-0.05, 0) is 37.0 Å². The van der Waals surface area contributed by atoms with Gasteiger partial charge in [-0.15, -0.1) is 0 Å². The van der Waals surface area contributed by atoms with Crippen LogP contribution in [0.1, 0.15) is 55.4 Å². The van der Waals surface area contributed by atoms with Crippen LogP contribution in [0.25, 0.3) is 11.5 Å². The third-order valence-electron chi connectivity index (χ3n) is 3.27. The van der Waals surface area contributed by atoms with E-state index < -0.39 is 5.97 Å². The molecule has 2 rings (SSSR count). The van der Waals surface area contributed by atoms with Gasteiger partial charge in [0.25, 0.3) is 0 Å². The van der Waals surface area contributed by atoms with Crippen LogP contribution in [-0.4, -0.2) is 17.6 Å². The number of ether oxygens (including phenoxy) is 1. The largest absolute Gasteiger partial charge is 0.460 e. The molecule has 112 valence electrons. The number of carbonyl (C=O) groups is 1. The van der Waals surface area contributed by atoms with E-state index in [1.807, 2.05) is 38.1 Å². The number of esters is 1. The van der Waals surface area contributed by atoms with Gasteiger partial charge >= 0.3 is 5.97 Å². The SMILES string of the molecule is CCOC(=O)c1oc(-c2ccc(CC)cc2)nc1C(C)C. The molecule has 0 atom stereocenters. The fourth-order valence-corrected chi connectivity index (χ4v) is 2.07. The molecule has 4 heteroatoms. The Morgan fingerprint density at radius 1 is 1.24 bits per heavy atom. The van der Waals surface area contributed by atoms with Crippen molar-refractivity contribution in [2.45, 2.75) is 40.0 Å². The van der Waals surface area contributed by atoms with Crippen molar-refractivity contribution in [1.82, 2.24) is 4.98 Å². The molecule has 0 saturated heterocycles. The predicted octanol–water partition coefficient (Wildman–Crippen LogP) is 4.20. The first-order chi connectivity index (χ1) is 10.1. The minimum absolute atomic E-state index is 0.0943. The summed E-state index contributed by atoms with van der Waals surface area (Å²) >= 11 is 0. The van der Waals surface area contributed by atoms with Crippen LogP contribution in [0.5, 0.6) is 0 Å². The van der Waals surface area contributed by atoms with Crippen molar-refractivity contribution in [2.24, 2.45) is 0 Å². The molecule has 0 aliphatic heterocycles. The minimum atomic E-state index is -0.454. The second-order valence-corrected chi connectivity index (χ2v) is 5.16. The van der Waals surface area contributed by atoms with Crippen LogP contribution in [0.2, 0.25) is 0 Å². The molecule has 1 aromatic carbocycles. The van der Waals surface area contributed by atoms with E-state index in [4.69, 9.17) is 9.15 Å². The van der Waals surface area contributed by atoms with E-state index in [9.17, 15) is 4.79 Å². The maximum Gasteiger partial charge on any atom is 0.376 e. The molecule has 4 nitrogen and oxygen atoms in total. The highest BCUT2D eigenvalue weighted by molar-refractivity contribution is 5.88. The Hall–Kier alpha value is -2.10. The monoisotopic (exact) mass is 287 g/mol. The molecule has 0 amide bonds. The number of hydrogen-bond acceptors (Lipinski definition) is 4. The Bertz CT molecular complexity index is 611. The van der Waals surface area contributed by atoms with Gasteiger partial charge in [-0.25, -0.2) is 9.78 Å². The quantitative estimate of drug-likeness (QED) is 0.773. The van der Waals surface area contributed by atoms with E-state index in [1.54, 1.807) is 6.92 Å². The summed E-state index contributed by atoms with van der Waals surface area (Å²) in [4.78, 5) is 16.4. The first-order valence-electron chi connectivity index (χ1n) is 7.33. The van der Waals surface area contributed by atoms with Crippen LogP contribution in [-0.2, 0) is 11.2 Å². The van der Waals surface area contributed by atoms with Crippen molar-refractivity contribution in [1.29, 1.82) is 0 Å². The molecule has 2 aromatic rings. The van der Waals surface area contributed by atoms with E-state index in [1.165, 1.54) is 5.56 Å². The molecule has 1 aromatic heterocycles. The summed E-state index contributed by atoms with van der Waals surface area (Å²) in [7, 11) is 0. The third-order valence-corrected chi connectivity index (χ3v) is 3.27. The lowest BCUT2D eigenvalue weighted by molar-refractivity contribution is 0.0488.